The number of aliphatic hydroxyl groups excluding tert-OH is 1. The highest BCUT2D eigenvalue weighted by Gasteiger charge is 2.16. The molecule has 0 aliphatic rings. The number of rotatable bonds is 61. The second kappa shape index (κ2) is 66.4. The van der Waals surface area contributed by atoms with Crippen molar-refractivity contribution in [3.8, 4) is 0 Å². The maximum absolute atomic E-state index is 12.3. The van der Waals surface area contributed by atoms with Crippen LogP contribution in [0.2, 0.25) is 0 Å². The van der Waals surface area contributed by atoms with E-state index in [9.17, 15) is 14.7 Å². The monoisotopic (exact) mass is 1060 g/mol. The Hall–Kier alpha value is -2.92. The van der Waals surface area contributed by atoms with Crippen LogP contribution in [0.15, 0.2) is 85.1 Å². The van der Waals surface area contributed by atoms with Crippen LogP contribution in [0.1, 0.15) is 335 Å². The third-order valence-corrected chi connectivity index (χ3v) is 14.7. The van der Waals surface area contributed by atoms with Gasteiger partial charge in [-0.15, -0.1) is 0 Å². The number of esters is 2. The first-order valence-corrected chi connectivity index (χ1v) is 33.1. The second-order valence-electron chi connectivity index (χ2n) is 22.2. The summed E-state index contributed by atoms with van der Waals surface area (Å²) in [6.07, 6.45) is 93.2. The van der Waals surface area contributed by atoms with Gasteiger partial charge >= 0.3 is 11.9 Å². The molecular weight excluding hydrogens is 933 g/mol. The molecule has 0 spiro atoms. The molecule has 0 fully saturated rings. The third-order valence-electron chi connectivity index (χ3n) is 14.7. The Bertz CT molecular complexity index is 1380. The summed E-state index contributed by atoms with van der Waals surface area (Å²) in [5.41, 5.74) is 0. The van der Waals surface area contributed by atoms with E-state index in [1.165, 1.54) is 205 Å². The van der Waals surface area contributed by atoms with Crippen molar-refractivity contribution in [1.29, 1.82) is 0 Å². The van der Waals surface area contributed by atoms with Gasteiger partial charge in [0.1, 0.15) is 6.61 Å². The lowest BCUT2D eigenvalue weighted by Gasteiger charge is -2.15. The number of unbranched alkanes of at least 4 members (excludes halogenated alkanes) is 39. The smallest absolute Gasteiger partial charge is 0.306 e. The van der Waals surface area contributed by atoms with E-state index >= 15 is 0 Å². The first kappa shape index (κ1) is 73.1. The molecular formula is C71H126O5. The highest BCUT2D eigenvalue weighted by Crippen LogP contribution is 2.18. The summed E-state index contributed by atoms with van der Waals surface area (Å²) >= 11 is 0. The third kappa shape index (κ3) is 63.6. The van der Waals surface area contributed by atoms with Gasteiger partial charge in [0.05, 0.1) is 6.61 Å². The molecule has 0 saturated carbocycles. The SMILES string of the molecule is CC/C=C\C/C=C\C/C=C\C/C=C\C/C=C\C/C=C\C/C=C\CCCCCCCC(=O)OC(CO)COC(=O)CCCCCCCCCCCCCCCCCCCCCCCCCCCCCCCCCCCCC. The van der Waals surface area contributed by atoms with E-state index in [4.69, 9.17) is 9.47 Å². The van der Waals surface area contributed by atoms with Gasteiger partial charge in [-0.3, -0.25) is 9.59 Å². The van der Waals surface area contributed by atoms with Gasteiger partial charge in [-0.1, -0.05) is 336 Å². The van der Waals surface area contributed by atoms with Crippen molar-refractivity contribution in [1.82, 2.24) is 0 Å². The Labute approximate surface area is 473 Å². The minimum Gasteiger partial charge on any atom is -0.462 e. The molecule has 1 unspecified atom stereocenters. The Balaban J connectivity index is 3.46. The largest absolute Gasteiger partial charge is 0.462 e. The van der Waals surface area contributed by atoms with Crippen LogP contribution >= 0.6 is 0 Å². The zero-order chi connectivity index (χ0) is 54.8. The number of hydrogen-bond donors (Lipinski definition) is 1. The van der Waals surface area contributed by atoms with Crippen LogP contribution < -0.4 is 0 Å². The molecule has 1 N–H and O–H groups in total. The highest BCUT2D eigenvalue weighted by molar-refractivity contribution is 5.70. The Kier molecular flexibility index (Phi) is 63.8. The average Bonchev–Trinajstić information content (AvgIpc) is 3.42. The first-order chi connectivity index (χ1) is 37.6. The molecule has 76 heavy (non-hydrogen) atoms. The summed E-state index contributed by atoms with van der Waals surface area (Å²) in [4.78, 5) is 24.6. The number of aliphatic hydroxyl groups is 1. The summed E-state index contributed by atoms with van der Waals surface area (Å²) in [6, 6.07) is 0. The van der Waals surface area contributed by atoms with Crippen LogP contribution in [0, 0.1) is 0 Å². The number of carbonyl (C=O) groups excluding carboxylic acids is 2. The molecule has 0 aliphatic heterocycles. The van der Waals surface area contributed by atoms with Gasteiger partial charge in [-0.25, -0.2) is 0 Å². The molecule has 5 heteroatoms. The first-order valence-electron chi connectivity index (χ1n) is 33.1. The summed E-state index contributed by atoms with van der Waals surface area (Å²) in [5.74, 6) is -0.604. The van der Waals surface area contributed by atoms with Crippen molar-refractivity contribution < 1.29 is 24.2 Å². The molecule has 1 atom stereocenters. The minimum atomic E-state index is -0.788. The van der Waals surface area contributed by atoms with Crippen LogP contribution in [0.25, 0.3) is 0 Å². The van der Waals surface area contributed by atoms with E-state index in [-0.39, 0.29) is 25.2 Å². The highest BCUT2D eigenvalue weighted by atomic mass is 16.6. The van der Waals surface area contributed by atoms with E-state index < -0.39 is 6.10 Å². The van der Waals surface area contributed by atoms with Gasteiger partial charge in [0, 0.05) is 12.8 Å². The molecule has 0 amide bonds. The number of hydrogen-bond acceptors (Lipinski definition) is 5. The lowest BCUT2D eigenvalue weighted by Crippen LogP contribution is -2.28. The molecule has 0 bridgehead atoms. The number of ether oxygens (including phenoxy) is 2. The van der Waals surface area contributed by atoms with Gasteiger partial charge in [0.25, 0.3) is 0 Å². The van der Waals surface area contributed by atoms with Gasteiger partial charge in [-0.2, -0.15) is 0 Å². The predicted octanol–water partition coefficient (Wildman–Crippen LogP) is 22.9. The molecule has 5 nitrogen and oxygen atoms in total. The van der Waals surface area contributed by atoms with Crippen LogP contribution in [-0.4, -0.2) is 36.4 Å². The van der Waals surface area contributed by atoms with Crippen LogP contribution in [0.3, 0.4) is 0 Å². The quantitative estimate of drug-likeness (QED) is 0.0373. The van der Waals surface area contributed by atoms with Crippen molar-refractivity contribution >= 4 is 11.9 Å². The number of allylic oxidation sites excluding steroid dienone is 14. The summed E-state index contributed by atoms with van der Waals surface area (Å²) < 4.78 is 10.7. The van der Waals surface area contributed by atoms with Crippen molar-refractivity contribution in [3.63, 3.8) is 0 Å². The van der Waals surface area contributed by atoms with E-state index in [0.29, 0.717) is 12.8 Å². The molecule has 0 aromatic heterocycles. The molecule has 0 saturated heterocycles. The van der Waals surface area contributed by atoms with E-state index in [1.54, 1.807) is 0 Å². The zero-order valence-electron chi connectivity index (χ0n) is 50.5. The Morgan fingerprint density at radius 2 is 0.566 bits per heavy atom. The minimum absolute atomic E-state index is 0.0750. The molecule has 0 radical (unpaired) electrons. The van der Waals surface area contributed by atoms with Crippen molar-refractivity contribution in [2.24, 2.45) is 0 Å². The van der Waals surface area contributed by atoms with Crippen LogP contribution in [-0.2, 0) is 19.1 Å². The molecule has 0 aromatic rings. The van der Waals surface area contributed by atoms with Gasteiger partial charge in [-0.05, 0) is 70.6 Å². The summed E-state index contributed by atoms with van der Waals surface area (Å²) in [6.45, 7) is 4.05. The molecule has 0 rings (SSSR count). The summed E-state index contributed by atoms with van der Waals surface area (Å²) in [7, 11) is 0. The molecule has 0 heterocycles. The van der Waals surface area contributed by atoms with Crippen LogP contribution in [0.5, 0.6) is 0 Å². The van der Waals surface area contributed by atoms with Crippen molar-refractivity contribution in [2.75, 3.05) is 13.2 Å². The second-order valence-corrected chi connectivity index (χ2v) is 22.2. The molecule has 0 aliphatic carbocycles. The topological polar surface area (TPSA) is 72.8 Å². The van der Waals surface area contributed by atoms with E-state index in [2.05, 4.69) is 98.9 Å². The lowest BCUT2D eigenvalue weighted by molar-refractivity contribution is -0.161. The van der Waals surface area contributed by atoms with E-state index in [0.717, 1.165) is 103 Å². The van der Waals surface area contributed by atoms with Crippen molar-refractivity contribution in [2.45, 2.75) is 341 Å². The fourth-order valence-corrected chi connectivity index (χ4v) is 9.78. The number of carbonyl (C=O) groups is 2. The normalized spacial score (nSPS) is 12.7. The predicted molar refractivity (Wildman–Crippen MR) is 334 cm³/mol. The lowest BCUT2D eigenvalue weighted by atomic mass is 10.0. The van der Waals surface area contributed by atoms with Crippen molar-refractivity contribution in [3.05, 3.63) is 85.1 Å². The molecule has 0 aromatic carbocycles. The Morgan fingerprint density at radius 1 is 0.316 bits per heavy atom. The van der Waals surface area contributed by atoms with Gasteiger partial charge in [0.2, 0.25) is 0 Å². The van der Waals surface area contributed by atoms with Gasteiger partial charge < -0.3 is 14.6 Å². The maximum Gasteiger partial charge on any atom is 0.306 e. The van der Waals surface area contributed by atoms with Crippen LogP contribution in [0.4, 0.5) is 0 Å². The van der Waals surface area contributed by atoms with E-state index in [1.807, 2.05) is 0 Å². The molecule has 440 valence electrons. The average molecular weight is 1060 g/mol. The fourth-order valence-electron chi connectivity index (χ4n) is 9.78. The fraction of sp³-hybridized carbons (Fsp3) is 0.775. The standard InChI is InChI=1S/C71H126O5/c1-3-5-7-9-11-13-15-17-19-21-23-25-27-29-31-32-33-34-35-36-37-38-40-41-43-45-47-49-51-53-55-57-59-61-63-65-70(73)75-68-69(67-72)76-71(74)66-64-62-60-58-56-54-52-50-48-46-44-42-39-30-28-26-24-22-20-18-16-14-12-10-8-6-4-2/h6,8,12,14,18,20,24,26,30,39,44,46,50,52,69,72H,3-5,7,9-11,13,15-17,19,21-23,25,27-29,31-38,40-43,45,47-49,51,53-68H2,1-2H3/b8-6-,14-12-,20-18-,26-24-,39-30-,46-44-,52-50-. The zero-order valence-corrected chi connectivity index (χ0v) is 50.5. The Morgan fingerprint density at radius 3 is 0.855 bits per heavy atom. The van der Waals surface area contributed by atoms with Gasteiger partial charge in [0.15, 0.2) is 6.10 Å². The maximum atomic E-state index is 12.3. The summed E-state index contributed by atoms with van der Waals surface area (Å²) in [5, 5.41) is 9.68.